The molecular formula is C23H34FeO2S-2. The molecule has 0 unspecified atom stereocenters. The first-order valence-corrected chi connectivity index (χ1v) is 10.6. The SMILES string of the molecule is O=C(OCCCCCCCCCCCCS)[c-]1cccc1.[Fe].c1cc[cH-]c1. The molecule has 0 heterocycles. The van der Waals surface area contributed by atoms with Crippen LogP contribution in [-0.2, 0) is 21.8 Å². The van der Waals surface area contributed by atoms with E-state index in [-0.39, 0.29) is 23.0 Å². The third kappa shape index (κ3) is 15.8. The standard InChI is InChI=1S/C18H29O2S.C5H5.Fe/c19-18(17-13-9-10-14-17)20-15-11-7-5-3-1-2-4-6-8-12-16-21;1-2-4-5-3-1;/h9-10,13-14,21H,1-8,11-12,15-16H2;1-5H;/q2*-1;. The second kappa shape index (κ2) is 19.8. The predicted molar refractivity (Wildman–Crippen MR) is 114 cm³/mol. The molecule has 154 valence electrons. The number of carbonyl (C=O) groups excluding carboxylic acids is 1. The summed E-state index contributed by atoms with van der Waals surface area (Å²) in [7, 11) is 0. The molecule has 0 bridgehead atoms. The van der Waals surface area contributed by atoms with Gasteiger partial charge in [-0.1, -0.05) is 56.9 Å². The average Bonchev–Trinajstić information content (AvgIpc) is 3.38. The van der Waals surface area contributed by atoms with E-state index in [0.29, 0.717) is 12.2 Å². The van der Waals surface area contributed by atoms with Crippen LogP contribution >= 0.6 is 12.6 Å². The maximum Gasteiger partial charge on any atom is 0.281 e. The molecule has 2 nitrogen and oxygen atoms in total. The fourth-order valence-electron chi connectivity index (χ4n) is 2.71. The summed E-state index contributed by atoms with van der Waals surface area (Å²) in [6.07, 6.45) is 12.7. The molecule has 0 amide bonds. The van der Waals surface area contributed by atoms with Gasteiger partial charge in [0.1, 0.15) is 0 Å². The van der Waals surface area contributed by atoms with Crippen molar-refractivity contribution in [3.05, 3.63) is 60.2 Å². The maximum atomic E-state index is 11.6. The molecule has 0 fully saturated rings. The molecule has 27 heavy (non-hydrogen) atoms. The van der Waals surface area contributed by atoms with Gasteiger partial charge in [0.2, 0.25) is 0 Å². The van der Waals surface area contributed by atoms with Crippen molar-refractivity contribution >= 4 is 18.6 Å². The summed E-state index contributed by atoms with van der Waals surface area (Å²) in [4.78, 5) is 11.6. The molecule has 0 N–H and O–H groups in total. The van der Waals surface area contributed by atoms with Gasteiger partial charge in [0, 0.05) is 17.1 Å². The van der Waals surface area contributed by atoms with Gasteiger partial charge in [-0.25, -0.2) is 24.3 Å². The Labute approximate surface area is 181 Å². The van der Waals surface area contributed by atoms with Gasteiger partial charge in [-0.05, 0) is 18.6 Å². The van der Waals surface area contributed by atoms with Gasteiger partial charge in [-0.15, -0.1) is 0 Å². The van der Waals surface area contributed by atoms with E-state index in [1.165, 1.54) is 51.4 Å². The normalized spacial score (nSPS) is 9.81. The molecule has 0 saturated carbocycles. The Bertz CT molecular complexity index is 491. The summed E-state index contributed by atoms with van der Waals surface area (Å²) in [6.45, 7) is 0.549. The average molecular weight is 430 g/mol. The third-order valence-corrected chi connectivity index (χ3v) is 4.56. The molecule has 0 aliphatic heterocycles. The number of rotatable bonds is 13. The second-order valence-electron chi connectivity index (χ2n) is 6.53. The molecule has 0 radical (unpaired) electrons. The van der Waals surface area contributed by atoms with Gasteiger partial charge in [0.15, 0.2) is 0 Å². The number of hydrogen-bond donors (Lipinski definition) is 1. The molecular weight excluding hydrogens is 396 g/mol. The summed E-state index contributed by atoms with van der Waals surface area (Å²) < 4.78 is 5.22. The van der Waals surface area contributed by atoms with Crippen molar-refractivity contribution in [2.75, 3.05) is 12.4 Å². The van der Waals surface area contributed by atoms with Gasteiger partial charge in [0.05, 0.1) is 6.61 Å². The number of carbonyl (C=O) groups is 1. The number of esters is 1. The van der Waals surface area contributed by atoms with Crippen LogP contribution in [0.25, 0.3) is 0 Å². The van der Waals surface area contributed by atoms with E-state index in [4.69, 9.17) is 4.74 Å². The fourth-order valence-corrected chi connectivity index (χ4v) is 2.93. The van der Waals surface area contributed by atoms with Crippen LogP contribution in [0.1, 0.15) is 74.6 Å². The van der Waals surface area contributed by atoms with Gasteiger partial charge in [-0.2, -0.15) is 43.0 Å². The minimum Gasteiger partial charge on any atom is -0.471 e. The fraction of sp³-hybridized carbons (Fsp3) is 0.522. The van der Waals surface area contributed by atoms with Crippen LogP contribution in [0.5, 0.6) is 0 Å². The smallest absolute Gasteiger partial charge is 0.281 e. The predicted octanol–water partition coefficient (Wildman–Crippen LogP) is 6.80. The Balaban J connectivity index is 0.000000969. The van der Waals surface area contributed by atoms with Crippen LogP contribution in [0.2, 0.25) is 0 Å². The Hall–Kier alpha value is -0.961. The zero-order valence-corrected chi connectivity index (χ0v) is 18.3. The topological polar surface area (TPSA) is 26.3 Å². The van der Waals surface area contributed by atoms with Crippen LogP contribution in [0.3, 0.4) is 0 Å². The van der Waals surface area contributed by atoms with Crippen LogP contribution in [0.15, 0.2) is 54.6 Å². The van der Waals surface area contributed by atoms with E-state index in [1.807, 2.05) is 42.5 Å². The second-order valence-corrected chi connectivity index (χ2v) is 6.98. The number of thiol groups is 1. The first-order chi connectivity index (χ1) is 12.8. The van der Waals surface area contributed by atoms with Gasteiger partial charge >= 0.3 is 0 Å². The van der Waals surface area contributed by atoms with Crippen LogP contribution in [0.4, 0.5) is 0 Å². The van der Waals surface area contributed by atoms with Crippen molar-refractivity contribution in [1.29, 1.82) is 0 Å². The first-order valence-electron chi connectivity index (χ1n) is 10.0. The molecule has 0 aliphatic carbocycles. The van der Waals surface area contributed by atoms with Crippen molar-refractivity contribution in [3.63, 3.8) is 0 Å². The van der Waals surface area contributed by atoms with Crippen molar-refractivity contribution < 1.29 is 26.6 Å². The molecule has 0 spiro atoms. The van der Waals surface area contributed by atoms with Crippen LogP contribution in [0, 0.1) is 0 Å². The zero-order valence-electron chi connectivity index (χ0n) is 16.3. The van der Waals surface area contributed by atoms with E-state index in [0.717, 1.165) is 18.6 Å². The summed E-state index contributed by atoms with van der Waals surface area (Å²) in [5.74, 6) is 0.831. The van der Waals surface area contributed by atoms with Crippen LogP contribution in [-0.4, -0.2) is 18.3 Å². The van der Waals surface area contributed by atoms with Gasteiger partial charge in [0.25, 0.3) is 5.97 Å². The Morgan fingerprint density at radius 3 is 1.70 bits per heavy atom. The zero-order chi connectivity index (χ0) is 18.7. The van der Waals surface area contributed by atoms with Crippen molar-refractivity contribution in [1.82, 2.24) is 0 Å². The third-order valence-electron chi connectivity index (χ3n) is 4.24. The molecule has 4 heteroatoms. The van der Waals surface area contributed by atoms with Crippen LogP contribution < -0.4 is 0 Å². The van der Waals surface area contributed by atoms with Gasteiger partial charge < -0.3 is 4.74 Å². The number of unbranched alkanes of at least 4 members (excludes halogenated alkanes) is 9. The van der Waals surface area contributed by atoms with Crippen molar-refractivity contribution in [2.45, 2.75) is 64.2 Å². The monoisotopic (exact) mass is 430 g/mol. The molecule has 2 aromatic rings. The minimum atomic E-state index is -0.193. The number of ether oxygens (including phenoxy) is 1. The molecule has 0 saturated heterocycles. The van der Waals surface area contributed by atoms with E-state index in [1.54, 1.807) is 12.1 Å². The van der Waals surface area contributed by atoms with E-state index in [9.17, 15) is 4.79 Å². The maximum absolute atomic E-state index is 11.6. The Kier molecular flexibility index (Phi) is 19.1. The van der Waals surface area contributed by atoms with Crippen molar-refractivity contribution in [2.24, 2.45) is 0 Å². The summed E-state index contributed by atoms with van der Waals surface area (Å²) in [5, 5.41) is 0. The molecule has 0 atom stereocenters. The van der Waals surface area contributed by atoms with E-state index >= 15 is 0 Å². The number of hydrogen-bond acceptors (Lipinski definition) is 3. The Morgan fingerprint density at radius 1 is 0.778 bits per heavy atom. The molecule has 2 rings (SSSR count). The van der Waals surface area contributed by atoms with E-state index < -0.39 is 0 Å². The molecule has 0 aromatic heterocycles. The summed E-state index contributed by atoms with van der Waals surface area (Å²) in [5.41, 5.74) is 0.660. The summed E-state index contributed by atoms with van der Waals surface area (Å²) in [6, 6.07) is 17.3. The van der Waals surface area contributed by atoms with E-state index in [2.05, 4.69) is 12.6 Å². The largest absolute Gasteiger partial charge is 0.471 e. The summed E-state index contributed by atoms with van der Waals surface area (Å²) >= 11 is 4.22. The van der Waals surface area contributed by atoms with Gasteiger partial charge in [-0.3, -0.25) is 4.79 Å². The first kappa shape index (κ1) is 26.0. The minimum absolute atomic E-state index is 0. The molecule has 2 aromatic carbocycles. The Morgan fingerprint density at radius 2 is 1.26 bits per heavy atom. The van der Waals surface area contributed by atoms with Crippen molar-refractivity contribution in [3.8, 4) is 0 Å². The molecule has 0 aliphatic rings. The quantitative estimate of drug-likeness (QED) is 0.124.